The first kappa shape index (κ1) is 22.2. The van der Waals surface area contributed by atoms with Crippen molar-refractivity contribution in [1.29, 1.82) is 0 Å². The topological polar surface area (TPSA) is 73.1 Å². The van der Waals surface area contributed by atoms with Gasteiger partial charge in [-0.15, -0.1) is 5.10 Å². The minimum Gasteiger partial charge on any atom is -0.489 e. The molecule has 0 saturated carbocycles. The first-order chi connectivity index (χ1) is 16.0. The Balaban J connectivity index is 1.22. The summed E-state index contributed by atoms with van der Waals surface area (Å²) in [6.45, 7) is 2.03. The number of carbonyl (C=O) groups excluding carboxylic acids is 1. The Kier molecular flexibility index (Phi) is 6.29. The minimum atomic E-state index is 0.0837. The summed E-state index contributed by atoms with van der Waals surface area (Å²) >= 11 is 7.90. The Morgan fingerprint density at radius 3 is 2.55 bits per heavy atom. The van der Waals surface area contributed by atoms with Crippen LogP contribution in [-0.4, -0.2) is 49.2 Å². The van der Waals surface area contributed by atoms with Crippen molar-refractivity contribution in [2.75, 3.05) is 0 Å². The number of aryl methyl sites for hydroxylation is 2. The number of thioether (sulfide) groups is 1. The zero-order valence-corrected chi connectivity index (χ0v) is 20.2. The number of fused-ring (bicyclic) bond motifs is 2. The number of benzene rings is 2. The van der Waals surface area contributed by atoms with Gasteiger partial charge in [0.1, 0.15) is 11.9 Å². The number of ether oxygens (including phenoxy) is 1. The van der Waals surface area contributed by atoms with Gasteiger partial charge in [-0.05, 0) is 65.6 Å². The second-order valence-corrected chi connectivity index (χ2v) is 10.2. The van der Waals surface area contributed by atoms with Crippen LogP contribution >= 0.6 is 23.4 Å². The van der Waals surface area contributed by atoms with E-state index in [2.05, 4.69) is 20.4 Å². The SMILES string of the molecule is Cc1ccc(Cl)c(OC2CC3CCC(C2)N3C(=O)c2ccc(CSc3nnnn3C)cc2)c1. The Morgan fingerprint density at radius 2 is 1.88 bits per heavy atom. The summed E-state index contributed by atoms with van der Waals surface area (Å²) in [5.41, 5.74) is 2.99. The zero-order valence-electron chi connectivity index (χ0n) is 18.6. The average Bonchev–Trinajstić information content (AvgIpc) is 3.34. The van der Waals surface area contributed by atoms with Crippen molar-refractivity contribution in [2.24, 2.45) is 7.05 Å². The first-order valence-corrected chi connectivity index (χ1v) is 12.5. The van der Waals surface area contributed by atoms with Crippen LogP contribution in [0.25, 0.3) is 0 Å². The van der Waals surface area contributed by atoms with Crippen LogP contribution in [0.4, 0.5) is 0 Å². The summed E-state index contributed by atoms with van der Waals surface area (Å²) in [5.74, 6) is 1.61. The van der Waals surface area contributed by atoms with Crippen molar-refractivity contribution in [3.63, 3.8) is 0 Å². The number of piperidine rings is 1. The molecule has 2 aliphatic rings. The standard InChI is InChI=1S/C24H26ClN5O2S/c1-15-3-10-21(25)22(11-15)32-20-12-18-8-9-19(13-20)30(18)23(31)17-6-4-16(5-7-17)14-33-24-26-27-28-29(24)2/h3-7,10-11,18-20H,8-9,12-14H2,1-2H3. The normalized spacial score (nSPS) is 21.9. The minimum absolute atomic E-state index is 0.0837. The number of halogens is 1. The van der Waals surface area contributed by atoms with E-state index in [0.717, 1.165) is 59.0 Å². The van der Waals surface area contributed by atoms with Gasteiger partial charge in [-0.2, -0.15) is 0 Å². The van der Waals surface area contributed by atoms with E-state index in [9.17, 15) is 4.79 Å². The molecule has 0 N–H and O–H groups in total. The molecule has 2 bridgehead atoms. The van der Waals surface area contributed by atoms with Gasteiger partial charge in [-0.1, -0.05) is 41.6 Å². The third kappa shape index (κ3) is 4.73. The molecule has 2 fully saturated rings. The fourth-order valence-electron chi connectivity index (χ4n) is 4.82. The van der Waals surface area contributed by atoms with Gasteiger partial charge in [0.15, 0.2) is 0 Å². The number of nitrogens with zero attached hydrogens (tertiary/aromatic N) is 5. The smallest absolute Gasteiger partial charge is 0.254 e. The molecule has 0 aliphatic carbocycles. The highest BCUT2D eigenvalue weighted by Crippen LogP contribution is 2.39. The fraction of sp³-hybridized carbons (Fsp3) is 0.417. The molecule has 3 aromatic rings. The average molecular weight is 484 g/mol. The predicted octanol–water partition coefficient (Wildman–Crippen LogP) is 4.68. The number of amides is 1. The molecular weight excluding hydrogens is 458 g/mol. The highest BCUT2D eigenvalue weighted by Gasteiger charge is 2.44. The van der Waals surface area contributed by atoms with Crippen LogP contribution in [0.5, 0.6) is 5.75 Å². The summed E-state index contributed by atoms with van der Waals surface area (Å²) in [6.07, 6.45) is 3.82. The summed E-state index contributed by atoms with van der Waals surface area (Å²) in [5, 5.41) is 12.9. The molecule has 33 heavy (non-hydrogen) atoms. The van der Waals surface area contributed by atoms with Crippen LogP contribution in [0.15, 0.2) is 47.6 Å². The number of hydrogen-bond donors (Lipinski definition) is 0. The van der Waals surface area contributed by atoms with Gasteiger partial charge in [0.2, 0.25) is 5.16 Å². The van der Waals surface area contributed by atoms with Crippen molar-refractivity contribution in [3.05, 3.63) is 64.2 Å². The van der Waals surface area contributed by atoms with E-state index in [0.29, 0.717) is 5.02 Å². The van der Waals surface area contributed by atoms with E-state index in [1.165, 1.54) is 0 Å². The zero-order chi connectivity index (χ0) is 22.9. The number of hydrogen-bond acceptors (Lipinski definition) is 6. The lowest BCUT2D eigenvalue weighted by Gasteiger charge is -2.39. The highest BCUT2D eigenvalue weighted by molar-refractivity contribution is 7.98. The van der Waals surface area contributed by atoms with Crippen molar-refractivity contribution in [2.45, 2.75) is 61.7 Å². The molecule has 1 amide bonds. The van der Waals surface area contributed by atoms with Gasteiger partial charge < -0.3 is 9.64 Å². The molecule has 3 heterocycles. The Bertz CT molecular complexity index is 1140. The maximum atomic E-state index is 13.4. The first-order valence-electron chi connectivity index (χ1n) is 11.2. The molecule has 2 aromatic carbocycles. The Labute approximate surface area is 202 Å². The molecule has 2 unspecified atom stereocenters. The Hall–Kier alpha value is -2.58. The molecule has 172 valence electrons. The van der Waals surface area contributed by atoms with Crippen LogP contribution in [0.2, 0.25) is 5.02 Å². The Morgan fingerprint density at radius 1 is 1.15 bits per heavy atom. The van der Waals surface area contributed by atoms with E-state index < -0.39 is 0 Å². The van der Waals surface area contributed by atoms with Crippen LogP contribution in [0.1, 0.15) is 47.2 Å². The summed E-state index contributed by atoms with van der Waals surface area (Å²) in [6, 6.07) is 14.2. The van der Waals surface area contributed by atoms with Gasteiger partial charge in [0.05, 0.1) is 5.02 Å². The second-order valence-electron chi connectivity index (χ2n) is 8.81. The molecule has 2 saturated heterocycles. The molecule has 5 rings (SSSR count). The summed E-state index contributed by atoms with van der Waals surface area (Å²) < 4.78 is 7.93. The third-order valence-electron chi connectivity index (χ3n) is 6.45. The fourth-order valence-corrected chi connectivity index (χ4v) is 5.79. The molecule has 2 aliphatic heterocycles. The van der Waals surface area contributed by atoms with E-state index in [1.54, 1.807) is 16.4 Å². The van der Waals surface area contributed by atoms with E-state index in [1.807, 2.05) is 56.4 Å². The monoisotopic (exact) mass is 483 g/mol. The van der Waals surface area contributed by atoms with Gasteiger partial charge in [-0.25, -0.2) is 4.68 Å². The lowest BCUT2D eigenvalue weighted by Crippen LogP contribution is -2.49. The van der Waals surface area contributed by atoms with Gasteiger partial charge in [0, 0.05) is 43.3 Å². The van der Waals surface area contributed by atoms with Crippen molar-refractivity contribution in [1.82, 2.24) is 25.1 Å². The second kappa shape index (κ2) is 9.35. The van der Waals surface area contributed by atoms with E-state index in [4.69, 9.17) is 16.3 Å². The van der Waals surface area contributed by atoms with Crippen molar-refractivity contribution < 1.29 is 9.53 Å². The quantitative estimate of drug-likeness (QED) is 0.474. The van der Waals surface area contributed by atoms with Crippen molar-refractivity contribution >= 4 is 29.3 Å². The number of carbonyl (C=O) groups is 1. The molecule has 2 atom stereocenters. The molecular formula is C24H26ClN5O2S. The largest absolute Gasteiger partial charge is 0.489 e. The highest BCUT2D eigenvalue weighted by atomic mass is 35.5. The predicted molar refractivity (Wildman–Crippen MR) is 128 cm³/mol. The number of aromatic nitrogens is 4. The molecule has 9 heteroatoms. The molecule has 0 spiro atoms. The van der Waals surface area contributed by atoms with Crippen LogP contribution in [0.3, 0.4) is 0 Å². The van der Waals surface area contributed by atoms with Crippen LogP contribution in [0, 0.1) is 6.92 Å². The van der Waals surface area contributed by atoms with E-state index >= 15 is 0 Å². The van der Waals surface area contributed by atoms with Gasteiger partial charge in [0.25, 0.3) is 5.91 Å². The van der Waals surface area contributed by atoms with Gasteiger partial charge in [-0.3, -0.25) is 4.79 Å². The summed E-state index contributed by atoms with van der Waals surface area (Å²) in [7, 11) is 1.82. The maximum absolute atomic E-state index is 13.4. The molecule has 1 aromatic heterocycles. The third-order valence-corrected chi connectivity index (χ3v) is 7.85. The summed E-state index contributed by atoms with van der Waals surface area (Å²) in [4.78, 5) is 15.4. The lowest BCUT2D eigenvalue weighted by atomic mass is 9.98. The maximum Gasteiger partial charge on any atom is 0.254 e. The number of tetrazole rings is 1. The number of rotatable bonds is 6. The molecule has 7 nitrogen and oxygen atoms in total. The lowest BCUT2D eigenvalue weighted by molar-refractivity contribution is 0.0359. The van der Waals surface area contributed by atoms with Crippen LogP contribution < -0.4 is 4.74 Å². The molecule has 0 radical (unpaired) electrons. The van der Waals surface area contributed by atoms with E-state index in [-0.39, 0.29) is 24.1 Å². The van der Waals surface area contributed by atoms with Gasteiger partial charge >= 0.3 is 0 Å². The van der Waals surface area contributed by atoms with Crippen LogP contribution in [-0.2, 0) is 12.8 Å². The van der Waals surface area contributed by atoms with Crippen molar-refractivity contribution in [3.8, 4) is 5.75 Å².